The molecule has 0 atom stereocenters. The Kier molecular flexibility index (Phi) is 4.51. The summed E-state index contributed by atoms with van der Waals surface area (Å²) >= 11 is 2.31. The highest BCUT2D eigenvalue weighted by Crippen LogP contribution is 2.41. The van der Waals surface area contributed by atoms with Gasteiger partial charge in [0.2, 0.25) is 0 Å². The van der Waals surface area contributed by atoms with Crippen molar-refractivity contribution in [1.29, 1.82) is 0 Å². The van der Waals surface area contributed by atoms with Crippen molar-refractivity contribution in [3.63, 3.8) is 0 Å². The van der Waals surface area contributed by atoms with Crippen molar-refractivity contribution in [1.82, 2.24) is 14.6 Å². The van der Waals surface area contributed by atoms with E-state index in [9.17, 15) is 0 Å². The molecule has 1 aromatic carbocycles. The predicted octanol–water partition coefficient (Wildman–Crippen LogP) is 3.64. The Morgan fingerprint density at radius 1 is 1.20 bits per heavy atom. The van der Waals surface area contributed by atoms with Crippen molar-refractivity contribution < 1.29 is 0 Å². The number of hydrogen-bond donors (Lipinski definition) is 3. The number of imidazole rings is 1. The summed E-state index contributed by atoms with van der Waals surface area (Å²) in [6.45, 7) is 0. The summed E-state index contributed by atoms with van der Waals surface area (Å²) in [5.41, 5.74) is 16.3. The predicted molar refractivity (Wildman–Crippen MR) is 109 cm³/mol. The highest BCUT2D eigenvalue weighted by Gasteiger charge is 2.27. The van der Waals surface area contributed by atoms with E-state index in [2.05, 4.69) is 56.2 Å². The summed E-state index contributed by atoms with van der Waals surface area (Å²) in [5.74, 6) is 0.929. The fourth-order valence-corrected chi connectivity index (χ4v) is 4.17. The van der Waals surface area contributed by atoms with Crippen molar-refractivity contribution in [2.24, 2.45) is 5.73 Å². The van der Waals surface area contributed by atoms with Crippen LogP contribution < -0.4 is 16.8 Å². The molecule has 1 aliphatic rings. The fourth-order valence-electron chi connectivity index (χ4n) is 3.63. The van der Waals surface area contributed by atoms with Crippen LogP contribution in [-0.4, -0.2) is 20.6 Å². The van der Waals surface area contributed by atoms with Gasteiger partial charge in [0.25, 0.3) is 0 Å². The second-order valence-corrected chi connectivity index (χ2v) is 7.86. The number of nitrogens with zero attached hydrogens (tertiary/aromatic N) is 3. The van der Waals surface area contributed by atoms with Crippen LogP contribution in [0.1, 0.15) is 37.2 Å². The Morgan fingerprint density at radius 3 is 2.76 bits per heavy atom. The Balaban J connectivity index is 1.82. The first-order chi connectivity index (χ1) is 12.1. The summed E-state index contributed by atoms with van der Waals surface area (Å²) < 4.78 is 2.91. The maximum atomic E-state index is 6.36. The van der Waals surface area contributed by atoms with Gasteiger partial charge in [-0.3, -0.25) is 0 Å². The second-order valence-electron chi connectivity index (χ2n) is 6.62. The normalized spacial score (nSPS) is 20.7. The van der Waals surface area contributed by atoms with Crippen molar-refractivity contribution in [3.05, 3.63) is 45.8 Å². The highest BCUT2D eigenvalue weighted by atomic mass is 127. The first-order valence-corrected chi connectivity index (χ1v) is 9.60. The van der Waals surface area contributed by atoms with E-state index >= 15 is 0 Å². The molecule has 0 radical (unpaired) electrons. The molecule has 2 heterocycles. The van der Waals surface area contributed by atoms with Crippen LogP contribution in [0.4, 0.5) is 17.2 Å². The summed E-state index contributed by atoms with van der Waals surface area (Å²) in [6.07, 6.45) is 7.68. The lowest BCUT2D eigenvalue weighted by molar-refractivity contribution is 0.396. The molecule has 6 nitrogen and oxygen atoms in total. The third-order valence-corrected chi connectivity index (χ3v) is 5.55. The zero-order chi connectivity index (χ0) is 17.4. The largest absolute Gasteiger partial charge is 0.382 e. The van der Waals surface area contributed by atoms with E-state index in [0.717, 1.165) is 48.3 Å². The molecule has 25 heavy (non-hydrogen) atoms. The van der Waals surface area contributed by atoms with Crippen LogP contribution in [0.3, 0.4) is 0 Å². The number of halogens is 1. The maximum absolute atomic E-state index is 6.36. The molecule has 1 aliphatic carbocycles. The topological polar surface area (TPSA) is 94.3 Å². The first-order valence-electron chi connectivity index (χ1n) is 8.52. The van der Waals surface area contributed by atoms with Crippen molar-refractivity contribution in [2.75, 3.05) is 11.1 Å². The Bertz CT molecular complexity index is 898. The van der Waals surface area contributed by atoms with Gasteiger partial charge in [0.1, 0.15) is 5.82 Å². The minimum atomic E-state index is 0.299. The second kappa shape index (κ2) is 6.80. The van der Waals surface area contributed by atoms with Crippen LogP contribution in [0, 0.1) is 3.57 Å². The van der Waals surface area contributed by atoms with Crippen LogP contribution in [0.15, 0.2) is 36.7 Å². The number of rotatable bonds is 3. The van der Waals surface area contributed by atoms with E-state index < -0.39 is 0 Å². The minimum absolute atomic E-state index is 0.299. The Labute approximate surface area is 160 Å². The van der Waals surface area contributed by atoms with E-state index in [-0.39, 0.29) is 0 Å². The van der Waals surface area contributed by atoms with Gasteiger partial charge < -0.3 is 16.8 Å². The number of hydrogen-bond acceptors (Lipinski definition) is 5. The number of benzene rings is 1. The summed E-state index contributed by atoms with van der Waals surface area (Å²) in [4.78, 5) is 4.50. The molecule has 0 unspecified atom stereocenters. The fraction of sp³-hybridized carbons (Fsp3) is 0.333. The Hall–Kier alpha value is -1.87. The van der Waals surface area contributed by atoms with Gasteiger partial charge in [0.05, 0.1) is 5.69 Å². The molecule has 0 spiro atoms. The van der Waals surface area contributed by atoms with Gasteiger partial charge in [0.15, 0.2) is 5.65 Å². The summed E-state index contributed by atoms with van der Waals surface area (Å²) in [5, 5.41) is 8.06. The van der Waals surface area contributed by atoms with Gasteiger partial charge in [-0.05, 0) is 72.4 Å². The van der Waals surface area contributed by atoms with Crippen molar-refractivity contribution in [2.45, 2.75) is 37.6 Å². The zero-order valence-electron chi connectivity index (χ0n) is 13.8. The molecule has 130 valence electrons. The minimum Gasteiger partial charge on any atom is -0.382 e. The highest BCUT2D eigenvalue weighted by molar-refractivity contribution is 14.1. The number of fused-ring (bicyclic) bond motifs is 1. The van der Waals surface area contributed by atoms with Crippen LogP contribution >= 0.6 is 22.6 Å². The van der Waals surface area contributed by atoms with E-state index in [0.29, 0.717) is 17.8 Å². The van der Waals surface area contributed by atoms with Crippen LogP contribution in [0.2, 0.25) is 0 Å². The van der Waals surface area contributed by atoms with Crippen LogP contribution in [0.5, 0.6) is 0 Å². The van der Waals surface area contributed by atoms with Gasteiger partial charge in [-0.15, -0.1) is 5.10 Å². The van der Waals surface area contributed by atoms with Gasteiger partial charge >= 0.3 is 0 Å². The third-order valence-electron chi connectivity index (χ3n) is 4.88. The zero-order valence-corrected chi connectivity index (χ0v) is 16.0. The van der Waals surface area contributed by atoms with Gasteiger partial charge in [-0.25, -0.2) is 9.50 Å². The molecule has 0 amide bonds. The molecule has 2 aromatic heterocycles. The number of nitrogens with one attached hydrogen (secondary N) is 1. The maximum Gasteiger partial charge on any atom is 0.177 e. The number of aromatic nitrogens is 3. The SMILES string of the molecule is Nc1nn2ccnc2c(Nc2cccc(I)c2)c1C1CCC(N)CC1. The molecular weight excluding hydrogens is 427 g/mol. The molecule has 0 aliphatic heterocycles. The quantitative estimate of drug-likeness (QED) is 0.532. The molecule has 1 fully saturated rings. The molecule has 4 rings (SSSR count). The van der Waals surface area contributed by atoms with E-state index in [1.54, 1.807) is 10.7 Å². The average Bonchev–Trinajstić information content (AvgIpc) is 3.04. The molecule has 5 N–H and O–H groups in total. The van der Waals surface area contributed by atoms with Crippen LogP contribution in [-0.2, 0) is 0 Å². The molecule has 7 heteroatoms. The Morgan fingerprint density at radius 2 is 2.00 bits per heavy atom. The monoisotopic (exact) mass is 448 g/mol. The number of nitrogens with two attached hydrogens (primary N) is 2. The number of nitrogen functional groups attached to an aromatic ring is 1. The van der Waals surface area contributed by atoms with Gasteiger partial charge in [0, 0.05) is 33.3 Å². The van der Waals surface area contributed by atoms with E-state index in [4.69, 9.17) is 11.5 Å². The third kappa shape index (κ3) is 3.30. The molecular formula is C18H21IN6. The van der Waals surface area contributed by atoms with Gasteiger partial charge in [-0.2, -0.15) is 0 Å². The smallest absolute Gasteiger partial charge is 0.177 e. The summed E-state index contributed by atoms with van der Waals surface area (Å²) in [6, 6.07) is 8.57. The van der Waals surface area contributed by atoms with Crippen molar-refractivity contribution in [3.8, 4) is 0 Å². The average molecular weight is 448 g/mol. The number of anilines is 3. The van der Waals surface area contributed by atoms with Gasteiger partial charge in [-0.1, -0.05) is 6.07 Å². The van der Waals surface area contributed by atoms with Crippen molar-refractivity contribution >= 4 is 45.4 Å². The lowest BCUT2D eigenvalue weighted by atomic mass is 9.81. The lowest BCUT2D eigenvalue weighted by Crippen LogP contribution is -2.26. The lowest BCUT2D eigenvalue weighted by Gasteiger charge is -2.28. The molecule has 0 bridgehead atoms. The van der Waals surface area contributed by atoms with E-state index in [1.165, 1.54) is 3.57 Å². The summed E-state index contributed by atoms with van der Waals surface area (Å²) in [7, 11) is 0. The standard InChI is InChI=1S/C18H21IN6/c19-12-2-1-3-14(10-12)23-16-15(11-4-6-13(20)7-5-11)17(21)24-25-9-8-22-18(16)25/h1-3,8-11,13,23H,4-7,20H2,(H2,21,24). The molecule has 0 saturated heterocycles. The molecule has 1 saturated carbocycles. The van der Waals surface area contributed by atoms with Crippen LogP contribution in [0.25, 0.3) is 5.65 Å². The van der Waals surface area contributed by atoms with E-state index in [1.807, 2.05) is 12.3 Å². The molecule has 3 aromatic rings. The first kappa shape index (κ1) is 16.6.